The second-order valence-corrected chi connectivity index (χ2v) is 3.09. The Labute approximate surface area is 60.2 Å². The van der Waals surface area contributed by atoms with E-state index in [1.807, 2.05) is 0 Å². The Hall–Kier alpha value is -0.410. The molecule has 0 amide bonds. The van der Waals surface area contributed by atoms with Crippen LogP contribution in [0.15, 0.2) is 0 Å². The van der Waals surface area contributed by atoms with Crippen LogP contribution in [0.25, 0.3) is 0 Å². The Balaban J connectivity index is 2.63. The van der Waals surface area contributed by atoms with Gasteiger partial charge >= 0.3 is 0 Å². The Morgan fingerprint density at radius 3 is 2.60 bits per heavy atom. The fraction of sp³-hybridized carbons (Fsp3) is 0.857. The second kappa shape index (κ2) is 2.32. The minimum Gasteiger partial charge on any atom is -0.382 e. The third-order valence-electron chi connectivity index (χ3n) is 2.18. The number of hydrogen-bond acceptors (Lipinski definition) is 3. The van der Waals surface area contributed by atoms with Crippen LogP contribution < -0.4 is 5.73 Å². The van der Waals surface area contributed by atoms with Crippen molar-refractivity contribution >= 4 is 5.78 Å². The zero-order valence-corrected chi connectivity index (χ0v) is 6.13. The molecule has 0 spiro atoms. The molecule has 1 fully saturated rings. The second-order valence-electron chi connectivity index (χ2n) is 3.09. The molecule has 0 aliphatic heterocycles. The fourth-order valence-electron chi connectivity index (χ4n) is 1.38. The Morgan fingerprint density at radius 1 is 1.80 bits per heavy atom. The van der Waals surface area contributed by atoms with Crippen molar-refractivity contribution in [3.63, 3.8) is 0 Å². The lowest BCUT2D eigenvalue weighted by Gasteiger charge is -2.17. The third kappa shape index (κ3) is 1.20. The lowest BCUT2D eigenvalue weighted by atomic mass is 9.98. The SMILES string of the molecule is CC(=O)[C@]1(O)CC[C@@H](N)C1. The first-order chi connectivity index (χ1) is 4.54. The number of carbonyl (C=O) groups is 1. The molecule has 58 valence electrons. The topological polar surface area (TPSA) is 63.3 Å². The summed E-state index contributed by atoms with van der Waals surface area (Å²) >= 11 is 0. The maximum Gasteiger partial charge on any atom is 0.161 e. The summed E-state index contributed by atoms with van der Waals surface area (Å²) in [6.45, 7) is 1.41. The molecule has 0 bridgehead atoms. The molecular weight excluding hydrogens is 130 g/mol. The molecule has 3 N–H and O–H groups in total. The van der Waals surface area contributed by atoms with Gasteiger partial charge in [0, 0.05) is 6.04 Å². The Bertz CT molecular complexity index is 158. The first kappa shape index (κ1) is 7.69. The lowest BCUT2D eigenvalue weighted by molar-refractivity contribution is -0.134. The van der Waals surface area contributed by atoms with Gasteiger partial charge in [0.15, 0.2) is 5.78 Å². The van der Waals surface area contributed by atoms with Gasteiger partial charge in [-0.2, -0.15) is 0 Å². The Morgan fingerprint density at radius 2 is 2.40 bits per heavy atom. The van der Waals surface area contributed by atoms with Crippen LogP contribution in [0.3, 0.4) is 0 Å². The van der Waals surface area contributed by atoms with Crippen LogP contribution in [0.1, 0.15) is 26.2 Å². The van der Waals surface area contributed by atoms with Crippen LogP contribution in [-0.2, 0) is 4.79 Å². The molecule has 0 aromatic rings. The van der Waals surface area contributed by atoms with E-state index in [1.165, 1.54) is 6.92 Å². The highest BCUT2D eigenvalue weighted by molar-refractivity contribution is 5.85. The van der Waals surface area contributed by atoms with Crippen LogP contribution in [0.5, 0.6) is 0 Å². The Kier molecular flexibility index (Phi) is 1.79. The minimum absolute atomic E-state index is 0.00824. The highest BCUT2D eigenvalue weighted by Gasteiger charge is 2.39. The first-order valence-corrected chi connectivity index (χ1v) is 3.53. The van der Waals surface area contributed by atoms with Crippen molar-refractivity contribution in [1.82, 2.24) is 0 Å². The van der Waals surface area contributed by atoms with Crippen LogP contribution in [0.4, 0.5) is 0 Å². The molecule has 0 saturated heterocycles. The predicted octanol–water partition coefficient (Wildman–Crippen LogP) is -0.182. The fourth-order valence-corrected chi connectivity index (χ4v) is 1.38. The van der Waals surface area contributed by atoms with E-state index >= 15 is 0 Å². The molecule has 3 heteroatoms. The molecule has 0 unspecified atom stereocenters. The van der Waals surface area contributed by atoms with Gasteiger partial charge in [-0.15, -0.1) is 0 Å². The van der Waals surface area contributed by atoms with Gasteiger partial charge in [-0.1, -0.05) is 0 Å². The third-order valence-corrected chi connectivity index (χ3v) is 2.18. The van der Waals surface area contributed by atoms with Crippen molar-refractivity contribution in [3.8, 4) is 0 Å². The summed E-state index contributed by atoms with van der Waals surface area (Å²) in [5.74, 6) is -0.152. The van der Waals surface area contributed by atoms with Gasteiger partial charge in [0.25, 0.3) is 0 Å². The van der Waals surface area contributed by atoms with Gasteiger partial charge in [-0.05, 0) is 26.2 Å². The molecule has 1 saturated carbocycles. The van der Waals surface area contributed by atoms with E-state index in [1.54, 1.807) is 0 Å². The predicted molar refractivity (Wildman–Crippen MR) is 37.5 cm³/mol. The minimum atomic E-state index is -1.10. The summed E-state index contributed by atoms with van der Waals surface area (Å²) in [6, 6.07) is 0.00824. The van der Waals surface area contributed by atoms with E-state index in [9.17, 15) is 9.90 Å². The van der Waals surface area contributed by atoms with Crippen LogP contribution in [0.2, 0.25) is 0 Å². The van der Waals surface area contributed by atoms with Crippen molar-refractivity contribution in [3.05, 3.63) is 0 Å². The van der Waals surface area contributed by atoms with Crippen molar-refractivity contribution in [2.75, 3.05) is 0 Å². The molecule has 1 aliphatic carbocycles. The summed E-state index contributed by atoms with van der Waals surface area (Å²) in [5.41, 5.74) is 4.44. The first-order valence-electron chi connectivity index (χ1n) is 3.53. The number of aliphatic hydroxyl groups is 1. The summed E-state index contributed by atoms with van der Waals surface area (Å²) in [4.78, 5) is 10.8. The zero-order valence-electron chi connectivity index (χ0n) is 6.13. The smallest absolute Gasteiger partial charge is 0.161 e. The largest absolute Gasteiger partial charge is 0.382 e. The summed E-state index contributed by atoms with van der Waals surface area (Å²) in [7, 11) is 0. The maximum atomic E-state index is 10.8. The van der Waals surface area contributed by atoms with Gasteiger partial charge in [-0.3, -0.25) is 4.79 Å². The summed E-state index contributed by atoms with van der Waals surface area (Å²) in [5, 5.41) is 9.51. The van der Waals surface area contributed by atoms with Crippen molar-refractivity contribution in [2.24, 2.45) is 5.73 Å². The molecule has 2 atom stereocenters. The molecule has 0 heterocycles. The highest BCUT2D eigenvalue weighted by Crippen LogP contribution is 2.29. The molecular formula is C7H13NO2. The van der Waals surface area contributed by atoms with Crippen LogP contribution >= 0.6 is 0 Å². The average Bonchev–Trinajstić information content (AvgIpc) is 2.13. The monoisotopic (exact) mass is 143 g/mol. The highest BCUT2D eigenvalue weighted by atomic mass is 16.3. The molecule has 1 aliphatic rings. The standard InChI is InChI=1S/C7H13NO2/c1-5(9)7(10)3-2-6(8)4-7/h6,10H,2-4,8H2,1H3/t6-,7+/m1/s1. The number of ketones is 1. The summed E-state index contributed by atoms with van der Waals surface area (Å²) in [6.07, 6.45) is 1.72. The van der Waals surface area contributed by atoms with Gasteiger partial charge in [0.2, 0.25) is 0 Å². The number of rotatable bonds is 1. The van der Waals surface area contributed by atoms with E-state index in [0.29, 0.717) is 12.8 Å². The van der Waals surface area contributed by atoms with Crippen LogP contribution in [-0.4, -0.2) is 22.5 Å². The number of carbonyl (C=O) groups excluding carboxylic acids is 1. The van der Waals surface area contributed by atoms with E-state index in [4.69, 9.17) is 5.73 Å². The normalized spacial score (nSPS) is 40.1. The number of hydrogen-bond donors (Lipinski definition) is 2. The van der Waals surface area contributed by atoms with E-state index in [-0.39, 0.29) is 11.8 Å². The van der Waals surface area contributed by atoms with Crippen molar-refractivity contribution in [1.29, 1.82) is 0 Å². The van der Waals surface area contributed by atoms with E-state index < -0.39 is 5.60 Å². The number of nitrogens with two attached hydrogens (primary N) is 1. The van der Waals surface area contributed by atoms with E-state index in [0.717, 1.165) is 6.42 Å². The molecule has 10 heavy (non-hydrogen) atoms. The summed E-state index contributed by atoms with van der Waals surface area (Å²) < 4.78 is 0. The van der Waals surface area contributed by atoms with Crippen molar-refractivity contribution in [2.45, 2.75) is 37.8 Å². The molecule has 0 aromatic heterocycles. The molecule has 0 aromatic carbocycles. The van der Waals surface area contributed by atoms with E-state index in [2.05, 4.69) is 0 Å². The van der Waals surface area contributed by atoms with Gasteiger partial charge in [-0.25, -0.2) is 0 Å². The zero-order chi connectivity index (χ0) is 7.78. The van der Waals surface area contributed by atoms with Gasteiger partial charge in [0.1, 0.15) is 5.60 Å². The van der Waals surface area contributed by atoms with Gasteiger partial charge in [0.05, 0.1) is 0 Å². The molecule has 3 nitrogen and oxygen atoms in total. The quantitative estimate of drug-likeness (QED) is 0.535. The number of Topliss-reactive ketones (excluding diaryl/α,β-unsaturated/α-hetero) is 1. The molecule has 1 rings (SSSR count). The van der Waals surface area contributed by atoms with Crippen molar-refractivity contribution < 1.29 is 9.90 Å². The lowest BCUT2D eigenvalue weighted by Crippen LogP contribution is -2.35. The average molecular weight is 143 g/mol. The maximum absolute atomic E-state index is 10.8. The molecule has 0 radical (unpaired) electrons. The van der Waals surface area contributed by atoms with Gasteiger partial charge < -0.3 is 10.8 Å². The van der Waals surface area contributed by atoms with Crippen LogP contribution in [0, 0.1) is 0 Å².